The highest BCUT2D eigenvalue weighted by molar-refractivity contribution is 6.33. The Kier molecular flexibility index (Phi) is 23.6. The molecule has 11 rings (SSSR count). The van der Waals surface area contributed by atoms with Gasteiger partial charge in [0, 0.05) is 99.2 Å². The van der Waals surface area contributed by atoms with Crippen LogP contribution in [0, 0.1) is 5.82 Å². The molecule has 5 amide bonds. The standard InChI is InChI=1S/C64H77ClFN15O12/c1-67-63(87)48-6-3-4-8-52(48)74-62-50(65)39-71-64(75-62)73-45-10-12-46(13-11-45)78-21-19-77(20-22-78)23-27-90-29-31-92-33-35-93-34-32-91-30-28-89-26-18-68-55(82)14-15-58(85)81-24-16-43(17-25-81)61-60-47(49-37-54-44(36-51(49)66)38-72-80(54)81)7-5-9-53(60)79(76-61)42-57(84)69-40-56(83)70-41-59(86)88-2/h3-13,36-39,43H,14-35,40-42H2,1-2H3,(H5-,67,68,69,70,71,73,74,75,82,83,84,87)/p+1. The zero-order valence-corrected chi connectivity index (χ0v) is 52.9. The minimum Gasteiger partial charge on any atom is -0.468 e. The van der Waals surface area contributed by atoms with Gasteiger partial charge in [-0.3, -0.25) is 33.6 Å². The van der Waals surface area contributed by atoms with Crippen molar-refractivity contribution >= 4 is 97.7 Å². The number of nitrogens with one attached hydrogen (secondary N) is 6. The van der Waals surface area contributed by atoms with Gasteiger partial charge >= 0.3 is 11.9 Å². The van der Waals surface area contributed by atoms with Crippen molar-refractivity contribution in [1.29, 1.82) is 0 Å². The first-order chi connectivity index (χ1) is 45.3. The van der Waals surface area contributed by atoms with Crippen LogP contribution in [-0.4, -0.2) is 216 Å². The quantitative estimate of drug-likeness (QED) is 0.0187. The van der Waals surface area contributed by atoms with Crippen LogP contribution in [-0.2, 0) is 58.9 Å². The van der Waals surface area contributed by atoms with E-state index in [-0.39, 0.29) is 79.4 Å². The van der Waals surface area contributed by atoms with Crippen LogP contribution in [0.15, 0.2) is 91.3 Å². The molecule has 0 saturated carbocycles. The number of hydrogen-bond acceptors (Lipinski definition) is 20. The van der Waals surface area contributed by atoms with E-state index in [4.69, 9.17) is 40.4 Å². The number of ether oxygens (including phenoxy) is 6. The van der Waals surface area contributed by atoms with Crippen molar-refractivity contribution in [3.05, 3.63) is 113 Å². The number of anilines is 5. The number of fused-ring (bicyclic) bond motifs is 2. The van der Waals surface area contributed by atoms with Crippen molar-refractivity contribution in [3.63, 3.8) is 0 Å². The number of nitrogens with zero attached hydrogens (tertiary/aromatic N) is 9. The topological polar surface area (TPSA) is 298 Å². The maximum Gasteiger partial charge on any atom is 0.340 e. The summed E-state index contributed by atoms with van der Waals surface area (Å²) >= 11 is 6.42. The maximum absolute atomic E-state index is 16.2. The summed E-state index contributed by atoms with van der Waals surface area (Å²) in [6.07, 6.45) is 3.95. The minimum atomic E-state index is -0.628. The normalized spacial score (nSPS) is 16.0. The lowest BCUT2D eigenvalue weighted by Crippen LogP contribution is -2.65. The molecule has 2 fully saturated rings. The Morgan fingerprint density at radius 1 is 0.699 bits per heavy atom. The molecule has 494 valence electrons. The van der Waals surface area contributed by atoms with Crippen LogP contribution in [0.5, 0.6) is 0 Å². The van der Waals surface area contributed by atoms with Gasteiger partial charge in [-0.05, 0) is 60.2 Å². The van der Waals surface area contributed by atoms with E-state index >= 15 is 4.39 Å². The molecular formula is C64H78ClFN15O12+. The average Bonchev–Trinajstić information content (AvgIpc) is 1.60. The van der Waals surface area contributed by atoms with E-state index < -0.39 is 23.6 Å². The van der Waals surface area contributed by atoms with Crippen molar-refractivity contribution in [2.45, 2.75) is 38.1 Å². The van der Waals surface area contributed by atoms with Gasteiger partial charge in [0.05, 0.1) is 121 Å². The van der Waals surface area contributed by atoms with Crippen LogP contribution in [0.2, 0.25) is 5.02 Å². The summed E-state index contributed by atoms with van der Waals surface area (Å²) < 4.78 is 50.5. The van der Waals surface area contributed by atoms with Gasteiger partial charge in [0.25, 0.3) is 5.91 Å². The third-order valence-electron chi connectivity index (χ3n) is 16.5. The molecule has 93 heavy (non-hydrogen) atoms. The fourth-order valence-corrected chi connectivity index (χ4v) is 11.7. The third kappa shape index (κ3) is 17.3. The average molecular weight is 1300 g/mol. The van der Waals surface area contributed by atoms with Crippen LogP contribution in [0.1, 0.15) is 47.7 Å². The number of rotatable bonds is 33. The van der Waals surface area contributed by atoms with Crippen molar-refractivity contribution in [1.82, 2.24) is 60.4 Å². The highest BCUT2D eigenvalue weighted by Gasteiger charge is 2.46. The number of aromatic nitrogens is 6. The summed E-state index contributed by atoms with van der Waals surface area (Å²) in [5, 5.41) is 28.0. The lowest BCUT2D eigenvalue weighted by Gasteiger charge is -2.39. The molecule has 0 unspecified atom stereocenters. The molecule has 4 aliphatic rings. The molecule has 4 aromatic carbocycles. The molecule has 3 aromatic heterocycles. The molecular weight excluding hydrogens is 1230 g/mol. The smallest absolute Gasteiger partial charge is 0.340 e. The van der Waals surface area contributed by atoms with Gasteiger partial charge in [0.1, 0.15) is 42.5 Å². The van der Waals surface area contributed by atoms with E-state index in [1.165, 1.54) is 19.4 Å². The summed E-state index contributed by atoms with van der Waals surface area (Å²) in [7, 11) is 2.78. The molecule has 7 aromatic rings. The van der Waals surface area contributed by atoms with E-state index in [0.29, 0.717) is 146 Å². The van der Waals surface area contributed by atoms with E-state index in [1.807, 2.05) is 30.3 Å². The fraction of sp³-hybridized carbons (Fsp3) is 0.438. The fourth-order valence-electron chi connectivity index (χ4n) is 11.6. The first-order valence-corrected chi connectivity index (χ1v) is 31.5. The molecule has 0 aliphatic carbocycles. The summed E-state index contributed by atoms with van der Waals surface area (Å²) in [5.74, 6) is -2.37. The molecule has 0 radical (unpaired) electrons. The predicted molar refractivity (Wildman–Crippen MR) is 346 cm³/mol. The van der Waals surface area contributed by atoms with Gasteiger partial charge in [-0.2, -0.15) is 10.1 Å². The zero-order chi connectivity index (χ0) is 65.1. The first-order valence-electron chi connectivity index (χ1n) is 31.1. The van der Waals surface area contributed by atoms with E-state index in [1.54, 1.807) is 53.0 Å². The van der Waals surface area contributed by atoms with E-state index in [0.717, 1.165) is 44.1 Å². The molecule has 0 atom stereocenters. The summed E-state index contributed by atoms with van der Waals surface area (Å²) in [6.45, 7) is 8.60. The Balaban J connectivity index is 0.554. The molecule has 0 spiro atoms. The van der Waals surface area contributed by atoms with Gasteiger partial charge in [0.15, 0.2) is 5.82 Å². The number of carbonyl (C=O) groups is 6. The van der Waals surface area contributed by atoms with Gasteiger partial charge in [-0.1, -0.05) is 40.7 Å². The summed E-state index contributed by atoms with van der Waals surface area (Å²) in [6, 6.07) is 23.7. The number of esters is 1. The van der Waals surface area contributed by atoms with E-state index in [9.17, 15) is 28.8 Å². The lowest BCUT2D eigenvalue weighted by molar-refractivity contribution is -0.142. The van der Waals surface area contributed by atoms with Crippen molar-refractivity contribution in [2.24, 2.45) is 0 Å². The monoisotopic (exact) mass is 1300 g/mol. The molecule has 7 heterocycles. The number of quaternary nitrogens is 1. The number of hydrogen-bond donors (Lipinski definition) is 6. The SMILES string of the molecule is CNC(=O)c1ccccc1Nc1nc(Nc2ccc(N3CCN(CCOCCOCCOCCOCCOCCNC(=O)CCC(=O)[N+]45CCC(CC4)c4nn(CC(=O)NCC(=O)NCC(=O)OC)c6cccc(c46)-c4cc6c(cnn65)cc4F)CC3)cc2)ncc1Cl. The number of carbonyl (C=O) groups excluding carboxylic acids is 6. The Bertz CT molecular complexity index is 3740. The highest BCUT2D eigenvalue weighted by Crippen LogP contribution is 2.42. The van der Waals surface area contributed by atoms with Crippen LogP contribution in [0.4, 0.5) is 33.2 Å². The molecule has 27 nitrogen and oxygen atoms in total. The first kappa shape index (κ1) is 67.2. The summed E-state index contributed by atoms with van der Waals surface area (Å²) in [5.41, 5.74) is 5.67. The largest absolute Gasteiger partial charge is 0.468 e. The number of benzene rings is 4. The summed E-state index contributed by atoms with van der Waals surface area (Å²) in [4.78, 5) is 92.2. The van der Waals surface area contributed by atoms with Gasteiger partial charge in [-0.15, -0.1) is 9.69 Å². The Morgan fingerprint density at radius 3 is 2.10 bits per heavy atom. The molecule has 4 bridgehead atoms. The molecule has 4 aliphatic heterocycles. The zero-order valence-electron chi connectivity index (χ0n) is 52.1. The van der Waals surface area contributed by atoms with Crippen LogP contribution in [0.3, 0.4) is 0 Å². The van der Waals surface area contributed by atoms with Crippen LogP contribution >= 0.6 is 11.6 Å². The van der Waals surface area contributed by atoms with Gasteiger partial charge < -0.3 is 65.2 Å². The van der Waals surface area contributed by atoms with Gasteiger partial charge in [0.2, 0.25) is 23.7 Å². The Labute approximate surface area is 541 Å². The number of methoxy groups -OCH3 is 1. The lowest BCUT2D eigenvalue weighted by atomic mass is 9.88. The second-order valence-electron chi connectivity index (χ2n) is 22.4. The van der Waals surface area contributed by atoms with Crippen LogP contribution in [0.25, 0.3) is 32.9 Å². The van der Waals surface area contributed by atoms with Gasteiger partial charge in [-0.25, -0.2) is 14.2 Å². The third-order valence-corrected chi connectivity index (χ3v) is 16.7. The number of amides is 5. The second kappa shape index (κ2) is 32.7. The van der Waals surface area contributed by atoms with Crippen molar-refractivity contribution < 1.29 is 61.6 Å². The minimum absolute atomic E-state index is 0.0539. The Hall–Kier alpha value is -8.74. The maximum atomic E-state index is 16.2. The number of piperidine rings is 1. The molecule has 2 saturated heterocycles. The van der Waals surface area contributed by atoms with Crippen molar-refractivity contribution in [3.8, 4) is 11.1 Å². The van der Waals surface area contributed by atoms with E-state index in [2.05, 4.69) is 73.6 Å². The number of piperazine rings is 1. The highest BCUT2D eigenvalue weighted by atomic mass is 35.5. The Morgan fingerprint density at radius 2 is 1.39 bits per heavy atom. The number of para-hydroxylation sites is 1. The second-order valence-corrected chi connectivity index (χ2v) is 22.8. The van der Waals surface area contributed by atoms with Crippen molar-refractivity contribution in [2.75, 3.05) is 161 Å². The van der Waals surface area contributed by atoms with Crippen LogP contribution < -0.4 is 41.4 Å². The molecule has 29 heteroatoms. The predicted octanol–water partition coefficient (Wildman–Crippen LogP) is 4.55. The molecule has 6 N–H and O–H groups in total. The number of halogens is 2.